The molecule has 0 bridgehead atoms. The van der Waals surface area contributed by atoms with Gasteiger partial charge in [-0.15, -0.1) is 0 Å². The van der Waals surface area contributed by atoms with Crippen LogP contribution in [0.4, 0.5) is 17.1 Å². The van der Waals surface area contributed by atoms with Crippen molar-refractivity contribution in [2.75, 3.05) is 4.90 Å². The van der Waals surface area contributed by atoms with E-state index in [0.29, 0.717) is 0 Å². The Morgan fingerprint density at radius 2 is 0.940 bits per heavy atom. The largest absolute Gasteiger partial charge is 0.308 e. The maximum absolute atomic E-state index is 2.53. The zero-order chi connectivity index (χ0) is 33.8. The second-order valence-electron chi connectivity index (χ2n) is 15.0. The zero-order valence-electron chi connectivity index (χ0n) is 28.9. The van der Waals surface area contributed by atoms with Crippen LogP contribution >= 0.6 is 0 Å². The number of nitrogens with zero attached hydrogens (tertiary/aromatic N) is 2. The molecule has 0 aliphatic heterocycles. The van der Waals surface area contributed by atoms with E-state index in [9.17, 15) is 0 Å². The van der Waals surface area contributed by atoms with Crippen LogP contribution in [0.2, 0.25) is 0 Å². The van der Waals surface area contributed by atoms with E-state index >= 15 is 0 Å². The van der Waals surface area contributed by atoms with Crippen LogP contribution < -0.4 is 4.90 Å². The molecule has 0 amide bonds. The lowest BCUT2D eigenvalue weighted by molar-refractivity contribution is 0.660. The van der Waals surface area contributed by atoms with Crippen LogP contribution in [0.5, 0.6) is 0 Å². The van der Waals surface area contributed by atoms with Gasteiger partial charge in [-0.1, -0.05) is 143 Å². The topological polar surface area (TPSA) is 8.17 Å². The summed E-state index contributed by atoms with van der Waals surface area (Å²) >= 11 is 0. The summed E-state index contributed by atoms with van der Waals surface area (Å²) in [7, 11) is 0. The van der Waals surface area contributed by atoms with Crippen molar-refractivity contribution in [3.8, 4) is 27.9 Å². The van der Waals surface area contributed by atoms with Gasteiger partial charge in [-0.3, -0.25) is 0 Å². The van der Waals surface area contributed by atoms with Gasteiger partial charge in [0.25, 0.3) is 0 Å². The van der Waals surface area contributed by atoms with Crippen molar-refractivity contribution in [3.63, 3.8) is 0 Å². The normalized spacial score (nSPS) is 14.7. The molecule has 8 aromatic rings. The number of anilines is 3. The van der Waals surface area contributed by atoms with Crippen molar-refractivity contribution in [2.24, 2.45) is 0 Å². The van der Waals surface area contributed by atoms with Crippen molar-refractivity contribution in [3.05, 3.63) is 180 Å². The first-order chi connectivity index (χ1) is 24.4. The van der Waals surface area contributed by atoms with Gasteiger partial charge in [-0.25, -0.2) is 0 Å². The van der Waals surface area contributed by atoms with Gasteiger partial charge < -0.3 is 9.47 Å². The van der Waals surface area contributed by atoms with E-state index < -0.39 is 0 Å². The van der Waals surface area contributed by atoms with Gasteiger partial charge in [-0.2, -0.15) is 0 Å². The number of rotatable bonds is 4. The van der Waals surface area contributed by atoms with Crippen molar-refractivity contribution < 1.29 is 0 Å². The Kier molecular flexibility index (Phi) is 6.01. The Morgan fingerprint density at radius 1 is 0.420 bits per heavy atom. The Bertz CT molecular complexity index is 2620. The second-order valence-corrected chi connectivity index (χ2v) is 15.0. The molecular weight excluding hydrogens is 605 g/mol. The van der Waals surface area contributed by atoms with Crippen LogP contribution in [0.25, 0.3) is 49.7 Å². The molecule has 50 heavy (non-hydrogen) atoms. The van der Waals surface area contributed by atoms with Crippen LogP contribution in [0.1, 0.15) is 49.9 Å². The molecule has 0 spiro atoms. The van der Waals surface area contributed by atoms with Gasteiger partial charge in [-0.05, 0) is 81.4 Å². The fraction of sp³-hybridized carbons (Fsp3) is 0.125. The van der Waals surface area contributed by atoms with E-state index in [-0.39, 0.29) is 10.8 Å². The highest BCUT2D eigenvalue weighted by Gasteiger charge is 2.39. The van der Waals surface area contributed by atoms with Crippen molar-refractivity contribution in [2.45, 2.75) is 38.5 Å². The number of benzene rings is 7. The quantitative estimate of drug-likeness (QED) is 0.185. The molecule has 240 valence electrons. The van der Waals surface area contributed by atoms with E-state index in [4.69, 9.17) is 0 Å². The molecule has 0 unspecified atom stereocenters. The van der Waals surface area contributed by atoms with Gasteiger partial charge in [0.15, 0.2) is 0 Å². The van der Waals surface area contributed by atoms with E-state index in [1.54, 1.807) is 0 Å². The number of fused-ring (bicyclic) bond motifs is 9. The Balaban J connectivity index is 1.30. The summed E-state index contributed by atoms with van der Waals surface area (Å²) in [4.78, 5) is 2.53. The Morgan fingerprint density at radius 3 is 1.68 bits per heavy atom. The molecule has 10 rings (SSSR count). The van der Waals surface area contributed by atoms with E-state index in [1.165, 1.54) is 72.0 Å². The predicted octanol–water partition coefficient (Wildman–Crippen LogP) is 12.9. The highest BCUT2D eigenvalue weighted by Crippen LogP contribution is 2.56. The van der Waals surface area contributed by atoms with Crippen molar-refractivity contribution >= 4 is 38.9 Å². The summed E-state index contributed by atoms with van der Waals surface area (Å²) in [5.41, 5.74) is 17.6. The molecule has 0 N–H and O–H groups in total. The minimum atomic E-state index is -0.110. The summed E-state index contributed by atoms with van der Waals surface area (Å²) in [6, 6.07) is 58.6. The minimum absolute atomic E-state index is 0.0624. The zero-order valence-corrected chi connectivity index (χ0v) is 28.9. The maximum atomic E-state index is 2.53. The molecule has 2 nitrogen and oxygen atoms in total. The monoisotopic (exact) mass is 642 g/mol. The average Bonchev–Trinajstić information content (AvgIpc) is 3.69. The minimum Gasteiger partial charge on any atom is -0.308 e. The second kappa shape index (κ2) is 10.3. The number of aromatic nitrogens is 1. The maximum Gasteiger partial charge on any atom is 0.0702 e. The summed E-state index contributed by atoms with van der Waals surface area (Å²) in [6.07, 6.45) is 0. The van der Waals surface area contributed by atoms with Crippen LogP contribution in [0, 0.1) is 0 Å². The SMILES string of the molecule is CC1(C)c2ccccc2-c2cc(N(c3ccccc3-n3c4ccccc4c4ccccc43)c3cccc4c3-c3ccccc3C4(C)C)ccc21. The summed E-state index contributed by atoms with van der Waals surface area (Å²) in [6.45, 7) is 9.45. The molecule has 0 atom stereocenters. The Labute approximate surface area is 293 Å². The fourth-order valence-corrected chi connectivity index (χ4v) is 9.20. The smallest absolute Gasteiger partial charge is 0.0702 e. The number of hydrogen-bond acceptors (Lipinski definition) is 1. The van der Waals surface area contributed by atoms with Crippen LogP contribution in [0.3, 0.4) is 0 Å². The van der Waals surface area contributed by atoms with Crippen molar-refractivity contribution in [1.29, 1.82) is 0 Å². The molecule has 2 aliphatic carbocycles. The summed E-state index contributed by atoms with van der Waals surface area (Å²) < 4.78 is 2.46. The first kappa shape index (κ1) is 29.1. The Hall–Kier alpha value is -5.86. The third-order valence-corrected chi connectivity index (χ3v) is 11.6. The third kappa shape index (κ3) is 3.85. The first-order valence-electron chi connectivity index (χ1n) is 17.7. The molecule has 1 heterocycles. The molecule has 1 aromatic heterocycles. The first-order valence-corrected chi connectivity index (χ1v) is 17.7. The van der Waals surface area contributed by atoms with Gasteiger partial charge in [0.2, 0.25) is 0 Å². The summed E-state index contributed by atoms with van der Waals surface area (Å²) in [5, 5.41) is 2.52. The van der Waals surface area contributed by atoms with E-state index in [2.05, 4.69) is 195 Å². The molecule has 0 saturated heterocycles. The molecule has 2 aliphatic rings. The van der Waals surface area contributed by atoms with Crippen LogP contribution in [-0.4, -0.2) is 4.57 Å². The summed E-state index contributed by atoms with van der Waals surface area (Å²) in [5.74, 6) is 0. The molecule has 0 fully saturated rings. The van der Waals surface area contributed by atoms with Gasteiger partial charge in [0.05, 0.1) is 28.1 Å². The molecule has 0 saturated carbocycles. The van der Waals surface area contributed by atoms with Crippen LogP contribution in [-0.2, 0) is 10.8 Å². The fourth-order valence-electron chi connectivity index (χ4n) is 9.20. The highest BCUT2D eigenvalue weighted by atomic mass is 15.2. The lowest BCUT2D eigenvalue weighted by atomic mass is 9.82. The van der Waals surface area contributed by atoms with E-state index in [1.807, 2.05) is 0 Å². The average molecular weight is 643 g/mol. The van der Waals surface area contributed by atoms with E-state index in [0.717, 1.165) is 17.1 Å². The predicted molar refractivity (Wildman–Crippen MR) is 211 cm³/mol. The molecule has 7 aromatic carbocycles. The standard InChI is InChI=1S/C48H38N2/c1-47(2)37-20-9-5-16-32(37)36-30-31(28-29-39(36)47)49(45-27-15-22-40-46(45)35-19-6-10-21-38(35)48(40,3)4)43-25-13-14-26-44(43)50-41-23-11-7-17-33(41)34-18-8-12-24-42(34)50/h5-30H,1-4H3. The molecule has 2 heteroatoms. The molecule has 0 radical (unpaired) electrons. The van der Waals surface area contributed by atoms with Crippen LogP contribution in [0.15, 0.2) is 158 Å². The van der Waals surface area contributed by atoms with Gasteiger partial charge in [0, 0.05) is 32.9 Å². The lowest BCUT2D eigenvalue weighted by Gasteiger charge is -2.31. The number of para-hydroxylation sites is 4. The highest BCUT2D eigenvalue weighted by molar-refractivity contribution is 6.10. The van der Waals surface area contributed by atoms with Gasteiger partial charge in [0.1, 0.15) is 0 Å². The third-order valence-electron chi connectivity index (χ3n) is 11.6. The number of hydrogen-bond donors (Lipinski definition) is 0. The lowest BCUT2D eigenvalue weighted by Crippen LogP contribution is -2.17. The van der Waals surface area contributed by atoms with Gasteiger partial charge >= 0.3 is 0 Å². The van der Waals surface area contributed by atoms with Crippen molar-refractivity contribution in [1.82, 2.24) is 4.57 Å². The molecular formula is C48H38N2.